The highest BCUT2D eigenvalue weighted by Crippen LogP contribution is 2.43. The van der Waals surface area contributed by atoms with Gasteiger partial charge in [-0.2, -0.15) is 0 Å². The van der Waals surface area contributed by atoms with Crippen LogP contribution in [0.2, 0.25) is 0 Å². The molecule has 1 aromatic rings. The maximum absolute atomic E-state index is 11.9. The lowest BCUT2D eigenvalue weighted by molar-refractivity contribution is -0.549. The number of aliphatic hydroxyl groups excluding tert-OH is 1. The number of aromatic nitrogens is 2. The number of hydrogen-bond acceptors (Lipinski definition) is 7. The molecule has 1 N–H and O–H groups in total. The molecule has 2 saturated heterocycles. The number of epoxide rings is 1. The first-order valence-corrected chi connectivity index (χ1v) is 5.45. The topological polar surface area (TPSA) is 129 Å². The van der Waals surface area contributed by atoms with Crippen LogP contribution >= 0.6 is 0 Å². The minimum Gasteiger partial charge on any atom is -0.394 e. The molecule has 0 bridgehead atoms. The molecule has 0 radical (unpaired) electrons. The fourth-order valence-electron chi connectivity index (χ4n) is 2.20. The van der Waals surface area contributed by atoms with E-state index >= 15 is 0 Å². The summed E-state index contributed by atoms with van der Waals surface area (Å²) in [5.41, 5.74) is -2.15. The predicted molar refractivity (Wildman–Crippen MR) is 57.0 cm³/mol. The van der Waals surface area contributed by atoms with Gasteiger partial charge in [-0.3, -0.25) is 9.36 Å². The van der Waals surface area contributed by atoms with Gasteiger partial charge in [0.15, 0.2) is 11.3 Å². The molecule has 3 rings (SSSR count). The van der Waals surface area contributed by atoms with Gasteiger partial charge in [0.05, 0.1) is 6.61 Å². The van der Waals surface area contributed by atoms with Gasteiger partial charge in [-0.1, -0.05) is 0 Å². The third kappa shape index (κ3) is 1.69. The molecule has 4 atom stereocenters. The predicted octanol–water partition coefficient (Wildman–Crippen LogP) is -2.29. The molecule has 1 aromatic heterocycles. The van der Waals surface area contributed by atoms with Crippen molar-refractivity contribution in [3.8, 4) is 0 Å². The zero-order valence-electron chi connectivity index (χ0n) is 9.41. The summed E-state index contributed by atoms with van der Waals surface area (Å²) in [6.07, 6.45) is -1.09. The summed E-state index contributed by atoms with van der Waals surface area (Å²) in [5, 5.41) is 18.6. The van der Waals surface area contributed by atoms with Gasteiger partial charge in [0.1, 0.15) is 18.3 Å². The third-order valence-electron chi connectivity index (χ3n) is 3.13. The zero-order valence-corrected chi connectivity index (χ0v) is 9.41. The molecule has 102 valence electrons. The van der Waals surface area contributed by atoms with Gasteiger partial charge in [0.25, 0.3) is 0 Å². The Morgan fingerprint density at radius 1 is 1.37 bits per heavy atom. The van der Waals surface area contributed by atoms with Gasteiger partial charge in [0.2, 0.25) is 0 Å². The van der Waals surface area contributed by atoms with Crippen molar-refractivity contribution in [2.45, 2.75) is 24.5 Å². The highest BCUT2D eigenvalue weighted by Gasteiger charge is 2.59. The van der Waals surface area contributed by atoms with Crippen LogP contribution in [0.1, 0.15) is 6.23 Å². The van der Waals surface area contributed by atoms with Crippen LogP contribution in [-0.4, -0.2) is 44.3 Å². The second kappa shape index (κ2) is 3.98. The van der Waals surface area contributed by atoms with Crippen LogP contribution in [0, 0.1) is 10.1 Å². The smallest absolute Gasteiger partial charge is 0.394 e. The van der Waals surface area contributed by atoms with E-state index < -0.39 is 34.7 Å². The van der Waals surface area contributed by atoms with Gasteiger partial charge in [0, 0.05) is 16.9 Å². The Hall–Kier alpha value is -2.04. The quantitative estimate of drug-likeness (QED) is 0.372. The minimum absolute atomic E-state index is 0.104. The fraction of sp³-hybridized carbons (Fsp3) is 0.556. The summed E-state index contributed by atoms with van der Waals surface area (Å²) < 4.78 is 11.4. The van der Waals surface area contributed by atoms with Crippen LogP contribution in [0.3, 0.4) is 0 Å². The van der Waals surface area contributed by atoms with Gasteiger partial charge in [-0.05, 0) is 0 Å². The first kappa shape index (κ1) is 12.0. The number of nitrogens with zero attached hydrogens (tertiary/aromatic N) is 3. The van der Waals surface area contributed by atoms with E-state index in [0.29, 0.717) is 0 Å². The second-order valence-electron chi connectivity index (χ2n) is 4.21. The van der Waals surface area contributed by atoms with Gasteiger partial charge in [-0.15, -0.1) is 0 Å². The van der Waals surface area contributed by atoms with E-state index in [0.717, 1.165) is 16.8 Å². The molecule has 10 heteroatoms. The SMILES string of the molecule is O=c1ccn([C@@H]2O[C@H](CO)C3O[C@H]32)c(=O)n1[N+](=O)[O-]. The molecule has 2 aliphatic heterocycles. The largest absolute Gasteiger partial charge is 0.394 e. The molecule has 2 aliphatic rings. The van der Waals surface area contributed by atoms with Crippen LogP contribution in [0.25, 0.3) is 0 Å². The molecular weight excluding hydrogens is 262 g/mol. The molecule has 1 unspecified atom stereocenters. The molecule has 0 amide bonds. The molecule has 0 spiro atoms. The lowest BCUT2D eigenvalue weighted by atomic mass is 10.2. The Labute approximate surface area is 104 Å². The van der Waals surface area contributed by atoms with Gasteiger partial charge < -0.3 is 14.6 Å². The van der Waals surface area contributed by atoms with E-state index in [1.807, 2.05) is 0 Å². The molecular formula is C9H9N3O7. The van der Waals surface area contributed by atoms with Crippen molar-refractivity contribution in [2.24, 2.45) is 0 Å². The maximum Gasteiger partial charge on any atom is 0.394 e. The van der Waals surface area contributed by atoms with E-state index in [9.17, 15) is 19.7 Å². The molecule has 0 aliphatic carbocycles. The number of hydrogen-bond donors (Lipinski definition) is 1. The summed E-state index contributed by atoms with van der Waals surface area (Å²) in [4.78, 5) is 33.8. The van der Waals surface area contributed by atoms with Crippen molar-refractivity contribution in [3.05, 3.63) is 43.2 Å². The average Bonchev–Trinajstić information content (AvgIpc) is 3.06. The Morgan fingerprint density at radius 3 is 2.68 bits per heavy atom. The molecule has 19 heavy (non-hydrogen) atoms. The van der Waals surface area contributed by atoms with Crippen LogP contribution in [-0.2, 0) is 9.47 Å². The van der Waals surface area contributed by atoms with E-state index in [-0.39, 0.29) is 17.4 Å². The summed E-state index contributed by atoms with van der Waals surface area (Å²) in [5.74, 6) is 0. The van der Waals surface area contributed by atoms with E-state index in [1.54, 1.807) is 0 Å². The van der Waals surface area contributed by atoms with E-state index in [1.165, 1.54) is 0 Å². The number of rotatable bonds is 3. The van der Waals surface area contributed by atoms with Crippen LogP contribution in [0.5, 0.6) is 0 Å². The first-order chi connectivity index (χ1) is 9.04. The Morgan fingerprint density at radius 2 is 2.11 bits per heavy atom. The van der Waals surface area contributed by atoms with Gasteiger partial charge >= 0.3 is 11.2 Å². The molecule has 3 heterocycles. The number of nitro groups is 1. The summed E-state index contributed by atoms with van der Waals surface area (Å²) in [6, 6.07) is 0.900. The van der Waals surface area contributed by atoms with E-state index in [2.05, 4.69) is 0 Å². The second-order valence-corrected chi connectivity index (χ2v) is 4.21. The summed E-state index contributed by atoms with van der Waals surface area (Å²) >= 11 is 0. The van der Waals surface area contributed by atoms with Crippen molar-refractivity contribution in [2.75, 3.05) is 6.61 Å². The van der Waals surface area contributed by atoms with Crippen molar-refractivity contribution >= 4 is 0 Å². The lowest BCUT2D eigenvalue weighted by Gasteiger charge is -2.17. The summed E-state index contributed by atoms with van der Waals surface area (Å²) in [6.45, 7) is -0.276. The van der Waals surface area contributed by atoms with Crippen LogP contribution in [0.4, 0.5) is 0 Å². The minimum atomic E-state index is -1.12. The Kier molecular flexibility index (Phi) is 2.52. The average molecular weight is 271 g/mol. The van der Waals surface area contributed by atoms with Crippen molar-refractivity contribution in [3.63, 3.8) is 0 Å². The van der Waals surface area contributed by atoms with Crippen molar-refractivity contribution < 1.29 is 19.6 Å². The first-order valence-electron chi connectivity index (χ1n) is 5.45. The summed E-state index contributed by atoms with van der Waals surface area (Å²) in [7, 11) is 0. The molecule has 0 saturated carbocycles. The standard InChI is InChI=1S/C9H9N3O7/c13-3-4-6-7(19-6)8(18-4)10-2-1-5(14)11(9(10)15)12(16)17/h1-2,4,6-8,13H,3H2/t4-,6?,7-,8-/m1/s1. The highest BCUT2D eigenvalue weighted by atomic mass is 16.7. The molecule has 2 fully saturated rings. The third-order valence-corrected chi connectivity index (χ3v) is 3.13. The lowest BCUT2D eigenvalue weighted by Crippen LogP contribution is -2.44. The number of fused-ring (bicyclic) bond motifs is 1. The zero-order chi connectivity index (χ0) is 13.7. The van der Waals surface area contributed by atoms with Crippen molar-refractivity contribution in [1.82, 2.24) is 9.24 Å². The molecule has 0 aromatic carbocycles. The Bertz CT molecular complexity index is 650. The Balaban J connectivity index is 2.04. The van der Waals surface area contributed by atoms with Gasteiger partial charge in [-0.25, -0.2) is 14.9 Å². The monoisotopic (exact) mass is 271 g/mol. The number of ether oxygens (including phenoxy) is 2. The molecule has 10 nitrogen and oxygen atoms in total. The van der Waals surface area contributed by atoms with Crippen LogP contribution < -0.4 is 11.2 Å². The fourth-order valence-corrected chi connectivity index (χ4v) is 2.20. The normalized spacial score (nSPS) is 32.1. The highest BCUT2D eigenvalue weighted by molar-refractivity contribution is 5.02. The van der Waals surface area contributed by atoms with Crippen LogP contribution in [0.15, 0.2) is 21.9 Å². The van der Waals surface area contributed by atoms with E-state index in [4.69, 9.17) is 14.6 Å². The maximum atomic E-state index is 11.9. The number of aliphatic hydroxyl groups is 1. The van der Waals surface area contributed by atoms with Crippen molar-refractivity contribution in [1.29, 1.82) is 0 Å².